The van der Waals surface area contributed by atoms with Crippen molar-refractivity contribution in [2.75, 3.05) is 27.9 Å². The van der Waals surface area contributed by atoms with E-state index < -0.39 is 0 Å². The minimum atomic E-state index is 0.0915. The lowest BCUT2D eigenvalue weighted by Gasteiger charge is -2.21. The number of thiophene rings is 1. The number of carbonyl (C=O) groups is 1. The first-order chi connectivity index (χ1) is 12.5. The Labute approximate surface area is 163 Å². The van der Waals surface area contributed by atoms with Gasteiger partial charge in [0.05, 0.1) is 32.2 Å². The number of ether oxygens (including phenoxy) is 3. The van der Waals surface area contributed by atoms with Gasteiger partial charge in [0, 0.05) is 17.8 Å². The van der Waals surface area contributed by atoms with Crippen LogP contribution in [0.3, 0.4) is 0 Å². The summed E-state index contributed by atoms with van der Waals surface area (Å²) in [6.45, 7) is 3.21. The molecule has 0 bridgehead atoms. The lowest BCUT2D eigenvalue weighted by atomic mass is 10.1. The molecule has 5 nitrogen and oxygen atoms in total. The number of carbonyl (C=O) groups excluding carboxylic acids is 1. The van der Waals surface area contributed by atoms with Gasteiger partial charge >= 0.3 is 0 Å². The van der Waals surface area contributed by atoms with E-state index in [2.05, 4.69) is 0 Å². The third kappa shape index (κ3) is 4.83. The van der Waals surface area contributed by atoms with Crippen LogP contribution in [0.1, 0.15) is 23.8 Å². The molecule has 0 saturated carbocycles. The van der Waals surface area contributed by atoms with Crippen molar-refractivity contribution in [2.24, 2.45) is 0 Å². The number of nitrogens with zero attached hydrogens (tertiary/aromatic N) is 1. The molecule has 2 aromatic rings. The Hall–Kier alpha value is -1.92. The van der Waals surface area contributed by atoms with Gasteiger partial charge in [-0.25, -0.2) is 0 Å². The molecule has 0 aliphatic rings. The van der Waals surface area contributed by atoms with Gasteiger partial charge in [-0.3, -0.25) is 4.79 Å². The maximum Gasteiger partial charge on any atom is 0.223 e. The highest BCUT2D eigenvalue weighted by atomic mass is 35.5. The normalized spacial score (nSPS) is 10.5. The van der Waals surface area contributed by atoms with E-state index in [-0.39, 0.29) is 5.91 Å². The monoisotopic (exact) mass is 397 g/mol. The van der Waals surface area contributed by atoms with Crippen LogP contribution in [0.4, 0.5) is 0 Å². The number of methoxy groups -OCH3 is 3. The highest BCUT2D eigenvalue weighted by molar-refractivity contribution is 7.16. The van der Waals surface area contributed by atoms with Crippen molar-refractivity contribution >= 4 is 28.8 Å². The van der Waals surface area contributed by atoms with Crippen LogP contribution >= 0.6 is 22.9 Å². The first kappa shape index (κ1) is 20.4. The number of benzene rings is 1. The molecule has 0 spiro atoms. The summed E-state index contributed by atoms with van der Waals surface area (Å²) in [5, 5.41) is 0. The van der Waals surface area contributed by atoms with Gasteiger partial charge in [-0.2, -0.15) is 0 Å². The fourth-order valence-corrected chi connectivity index (χ4v) is 3.86. The maximum atomic E-state index is 12.6. The maximum absolute atomic E-state index is 12.6. The van der Waals surface area contributed by atoms with E-state index in [0.29, 0.717) is 43.2 Å². The molecule has 1 amide bonds. The number of hydrogen-bond acceptors (Lipinski definition) is 5. The molecule has 0 fully saturated rings. The molecule has 0 unspecified atom stereocenters. The predicted molar refractivity (Wildman–Crippen MR) is 105 cm³/mol. The summed E-state index contributed by atoms with van der Waals surface area (Å²) >= 11 is 7.47. The SMILES string of the molecule is CCN(Cc1ccc(Cl)s1)C(=O)CCc1ccc(OC)c(OC)c1OC. The molecule has 2 rings (SSSR count). The van der Waals surface area contributed by atoms with Crippen molar-refractivity contribution in [3.8, 4) is 17.2 Å². The van der Waals surface area contributed by atoms with E-state index in [4.69, 9.17) is 25.8 Å². The van der Waals surface area contributed by atoms with Crippen LogP contribution in [0.25, 0.3) is 0 Å². The summed E-state index contributed by atoms with van der Waals surface area (Å²) in [5.74, 6) is 1.84. The molecule has 1 heterocycles. The molecular weight excluding hydrogens is 374 g/mol. The fourth-order valence-electron chi connectivity index (χ4n) is 2.76. The molecule has 142 valence electrons. The van der Waals surface area contributed by atoms with Crippen LogP contribution in [0.5, 0.6) is 17.2 Å². The second-order valence-electron chi connectivity index (χ2n) is 5.61. The zero-order valence-corrected chi connectivity index (χ0v) is 17.1. The Balaban J connectivity index is 2.07. The highest BCUT2D eigenvalue weighted by Gasteiger charge is 2.18. The van der Waals surface area contributed by atoms with Gasteiger partial charge in [-0.15, -0.1) is 11.3 Å². The van der Waals surface area contributed by atoms with Crippen molar-refractivity contribution in [2.45, 2.75) is 26.3 Å². The van der Waals surface area contributed by atoms with E-state index in [9.17, 15) is 4.79 Å². The lowest BCUT2D eigenvalue weighted by molar-refractivity contribution is -0.131. The number of aryl methyl sites for hydroxylation is 1. The van der Waals surface area contributed by atoms with Gasteiger partial charge in [-0.1, -0.05) is 17.7 Å². The van der Waals surface area contributed by atoms with Gasteiger partial charge in [0.15, 0.2) is 11.5 Å². The number of hydrogen-bond donors (Lipinski definition) is 0. The molecule has 0 aliphatic heterocycles. The largest absolute Gasteiger partial charge is 0.493 e. The van der Waals surface area contributed by atoms with Gasteiger partial charge in [0.2, 0.25) is 11.7 Å². The first-order valence-electron chi connectivity index (χ1n) is 8.33. The summed E-state index contributed by atoms with van der Waals surface area (Å²) in [6.07, 6.45) is 0.947. The highest BCUT2D eigenvalue weighted by Crippen LogP contribution is 2.40. The Morgan fingerprint density at radius 3 is 2.35 bits per heavy atom. The zero-order valence-electron chi connectivity index (χ0n) is 15.5. The second-order valence-corrected chi connectivity index (χ2v) is 7.41. The molecular formula is C19H24ClNO4S. The van der Waals surface area contributed by atoms with Crippen molar-refractivity contribution in [1.29, 1.82) is 0 Å². The Morgan fingerprint density at radius 1 is 1.08 bits per heavy atom. The van der Waals surface area contributed by atoms with Crippen molar-refractivity contribution < 1.29 is 19.0 Å². The van der Waals surface area contributed by atoms with E-state index in [1.807, 2.05) is 36.1 Å². The van der Waals surface area contributed by atoms with Gasteiger partial charge in [0.25, 0.3) is 0 Å². The molecule has 0 atom stereocenters. The van der Waals surface area contributed by atoms with Crippen molar-refractivity contribution in [3.63, 3.8) is 0 Å². The standard InChI is InChI=1S/C19H24ClNO4S/c1-5-21(12-14-8-10-16(20)26-14)17(22)11-7-13-6-9-15(23-2)19(25-4)18(13)24-3/h6,8-10H,5,7,11-12H2,1-4H3. The molecule has 7 heteroatoms. The third-order valence-corrected chi connectivity index (χ3v) is 5.32. The van der Waals surface area contributed by atoms with Crippen molar-refractivity contribution in [3.05, 3.63) is 39.0 Å². The van der Waals surface area contributed by atoms with Crippen LogP contribution in [0.15, 0.2) is 24.3 Å². The quantitative estimate of drug-likeness (QED) is 0.628. The zero-order chi connectivity index (χ0) is 19.1. The first-order valence-corrected chi connectivity index (χ1v) is 9.53. The summed E-state index contributed by atoms with van der Waals surface area (Å²) in [6, 6.07) is 7.55. The molecule has 0 radical (unpaired) electrons. The van der Waals surface area contributed by atoms with E-state index in [0.717, 1.165) is 14.8 Å². The lowest BCUT2D eigenvalue weighted by Crippen LogP contribution is -2.30. The van der Waals surface area contributed by atoms with E-state index in [1.165, 1.54) is 11.3 Å². The molecule has 0 N–H and O–H groups in total. The average Bonchev–Trinajstić information content (AvgIpc) is 3.07. The topological polar surface area (TPSA) is 48.0 Å². The molecule has 26 heavy (non-hydrogen) atoms. The number of rotatable bonds is 9. The predicted octanol–water partition coefficient (Wildman–Crippen LogP) is 4.41. The molecule has 0 saturated heterocycles. The molecule has 1 aromatic heterocycles. The minimum absolute atomic E-state index is 0.0915. The Kier molecular flexibility index (Phi) is 7.60. The number of halogens is 1. The third-order valence-electron chi connectivity index (χ3n) is 4.10. The van der Waals surface area contributed by atoms with Gasteiger partial charge in [0.1, 0.15) is 0 Å². The van der Waals surface area contributed by atoms with Crippen LogP contribution in [0.2, 0.25) is 4.34 Å². The van der Waals surface area contributed by atoms with Crippen LogP contribution < -0.4 is 14.2 Å². The minimum Gasteiger partial charge on any atom is -0.493 e. The summed E-state index contributed by atoms with van der Waals surface area (Å²) in [5.41, 5.74) is 0.911. The Morgan fingerprint density at radius 2 is 1.81 bits per heavy atom. The smallest absolute Gasteiger partial charge is 0.223 e. The van der Waals surface area contributed by atoms with Crippen LogP contribution in [0, 0.1) is 0 Å². The summed E-state index contributed by atoms with van der Waals surface area (Å²) in [4.78, 5) is 15.5. The molecule has 1 aromatic carbocycles. The van der Waals surface area contributed by atoms with Gasteiger partial charge in [-0.05, 0) is 37.1 Å². The Bertz CT molecular complexity index is 747. The van der Waals surface area contributed by atoms with Crippen molar-refractivity contribution in [1.82, 2.24) is 4.90 Å². The van der Waals surface area contributed by atoms with Crippen LogP contribution in [-0.4, -0.2) is 38.7 Å². The summed E-state index contributed by atoms with van der Waals surface area (Å²) in [7, 11) is 4.73. The second kappa shape index (κ2) is 9.69. The van der Waals surface area contributed by atoms with Crippen LogP contribution in [-0.2, 0) is 17.8 Å². The number of amides is 1. The van der Waals surface area contributed by atoms with Gasteiger partial charge < -0.3 is 19.1 Å². The van der Waals surface area contributed by atoms with E-state index >= 15 is 0 Å². The molecule has 0 aliphatic carbocycles. The fraction of sp³-hybridized carbons (Fsp3) is 0.421. The average molecular weight is 398 g/mol. The van der Waals surface area contributed by atoms with E-state index in [1.54, 1.807) is 21.3 Å². The summed E-state index contributed by atoms with van der Waals surface area (Å²) < 4.78 is 16.9.